The average molecular weight is 313 g/mol. The van der Waals surface area contributed by atoms with Gasteiger partial charge in [-0.2, -0.15) is 0 Å². The summed E-state index contributed by atoms with van der Waals surface area (Å²) in [5.74, 6) is 0. The number of rotatable bonds is 10. The van der Waals surface area contributed by atoms with Crippen LogP contribution in [0.1, 0.15) is 51.6 Å². The number of hydrogen-bond acceptors (Lipinski definition) is 3. The van der Waals surface area contributed by atoms with Crippen LogP contribution in [-0.2, 0) is 23.1 Å². The molecule has 0 atom stereocenters. The van der Waals surface area contributed by atoms with Gasteiger partial charge in [-0.1, -0.05) is 20.3 Å². The van der Waals surface area contributed by atoms with Crippen molar-refractivity contribution in [3.63, 3.8) is 0 Å². The number of nitrogens with zero attached hydrogens (tertiary/aromatic N) is 1. The lowest BCUT2D eigenvalue weighted by Crippen LogP contribution is -2.24. The van der Waals surface area contributed by atoms with Crippen molar-refractivity contribution in [2.75, 3.05) is 6.54 Å². The Balaban J connectivity index is 2.08. The van der Waals surface area contributed by atoms with Crippen molar-refractivity contribution in [3.8, 4) is 0 Å². The topological polar surface area (TPSA) is 63.1 Å². The molecule has 1 fully saturated rings. The Hall–Kier alpha value is -0.850. The summed E-state index contributed by atoms with van der Waals surface area (Å²) in [5, 5.41) is 3.45. The van der Waals surface area contributed by atoms with Gasteiger partial charge in [-0.15, -0.1) is 0 Å². The largest absolute Gasteiger partial charge is 0.349 e. The Kier molecular flexibility index (Phi) is 5.84. The summed E-state index contributed by atoms with van der Waals surface area (Å²) in [5.41, 5.74) is 1.06. The molecular weight excluding hydrogens is 286 g/mol. The van der Waals surface area contributed by atoms with Crippen LogP contribution in [-0.4, -0.2) is 25.6 Å². The van der Waals surface area contributed by atoms with E-state index in [1.807, 2.05) is 6.92 Å². The first-order chi connectivity index (χ1) is 10.1. The highest BCUT2D eigenvalue weighted by atomic mass is 32.2. The molecule has 1 aliphatic rings. The molecule has 0 aliphatic heterocycles. The van der Waals surface area contributed by atoms with Crippen LogP contribution in [0.3, 0.4) is 0 Å². The van der Waals surface area contributed by atoms with Crippen molar-refractivity contribution in [3.05, 3.63) is 18.0 Å². The third kappa shape index (κ3) is 4.83. The maximum atomic E-state index is 12.3. The Morgan fingerprint density at radius 2 is 2.05 bits per heavy atom. The third-order valence-corrected chi connectivity index (χ3v) is 5.14. The quantitative estimate of drug-likeness (QED) is 0.651. The summed E-state index contributed by atoms with van der Waals surface area (Å²) in [7, 11) is -3.37. The minimum Gasteiger partial charge on any atom is -0.349 e. The fourth-order valence-electron chi connectivity index (χ4n) is 2.27. The molecule has 0 spiro atoms. The molecule has 0 radical (unpaired) electrons. The molecule has 0 aromatic carbocycles. The van der Waals surface area contributed by atoms with Gasteiger partial charge in [0.05, 0.1) is 4.90 Å². The van der Waals surface area contributed by atoms with Gasteiger partial charge in [-0.05, 0) is 31.7 Å². The van der Waals surface area contributed by atoms with Crippen LogP contribution in [0.4, 0.5) is 0 Å². The van der Waals surface area contributed by atoms with E-state index in [1.165, 1.54) is 12.8 Å². The van der Waals surface area contributed by atoms with E-state index in [0.29, 0.717) is 17.5 Å². The zero-order valence-electron chi connectivity index (χ0n) is 13.1. The fraction of sp³-hybridized carbons (Fsp3) is 0.733. The Morgan fingerprint density at radius 1 is 1.29 bits per heavy atom. The lowest BCUT2D eigenvalue weighted by atomic mass is 10.3. The molecule has 0 saturated heterocycles. The second kappa shape index (κ2) is 7.42. The Morgan fingerprint density at radius 3 is 2.67 bits per heavy atom. The van der Waals surface area contributed by atoms with E-state index >= 15 is 0 Å². The van der Waals surface area contributed by atoms with Gasteiger partial charge < -0.3 is 9.88 Å². The molecule has 6 heteroatoms. The number of aromatic nitrogens is 1. The smallest absolute Gasteiger partial charge is 0.242 e. The van der Waals surface area contributed by atoms with Crippen LogP contribution in [0, 0.1) is 0 Å². The minimum absolute atomic E-state index is 0.389. The summed E-state index contributed by atoms with van der Waals surface area (Å²) < 4.78 is 29.3. The van der Waals surface area contributed by atoms with Crippen LogP contribution in [0.25, 0.3) is 0 Å². The van der Waals surface area contributed by atoms with Crippen molar-refractivity contribution in [2.45, 2.75) is 70.0 Å². The maximum Gasteiger partial charge on any atom is 0.242 e. The molecular formula is C15H27N3O2S. The van der Waals surface area contributed by atoms with E-state index in [4.69, 9.17) is 0 Å². The van der Waals surface area contributed by atoms with E-state index in [1.54, 1.807) is 12.3 Å². The summed E-state index contributed by atoms with van der Waals surface area (Å²) in [6.45, 7) is 6.26. The molecule has 0 amide bonds. The molecule has 1 aromatic rings. The van der Waals surface area contributed by atoms with Gasteiger partial charge in [-0.3, -0.25) is 0 Å². The Bertz CT molecular complexity index is 547. The van der Waals surface area contributed by atoms with Crippen LogP contribution in [0.5, 0.6) is 0 Å². The number of unbranched alkanes of at least 4 members (excludes halogenated alkanes) is 1. The van der Waals surface area contributed by atoms with Crippen LogP contribution in [0.15, 0.2) is 17.2 Å². The first kappa shape index (κ1) is 16.5. The molecule has 0 unspecified atom stereocenters. The summed E-state index contributed by atoms with van der Waals surface area (Å²) in [4.78, 5) is 0.389. The second-order valence-corrected chi connectivity index (χ2v) is 7.53. The molecule has 5 nitrogen and oxygen atoms in total. The number of aryl methyl sites for hydroxylation is 1. The predicted molar refractivity (Wildman–Crippen MR) is 84.7 cm³/mol. The molecule has 2 N–H and O–H groups in total. The number of sulfonamides is 1. The molecule has 21 heavy (non-hydrogen) atoms. The van der Waals surface area contributed by atoms with E-state index in [-0.39, 0.29) is 0 Å². The molecule has 2 rings (SSSR count). The van der Waals surface area contributed by atoms with Crippen LogP contribution >= 0.6 is 0 Å². The molecule has 120 valence electrons. The van der Waals surface area contributed by atoms with Crippen molar-refractivity contribution < 1.29 is 8.42 Å². The Labute approximate surface area is 128 Å². The minimum atomic E-state index is -3.37. The lowest BCUT2D eigenvalue weighted by Gasteiger charge is -2.07. The summed E-state index contributed by atoms with van der Waals surface area (Å²) in [6.07, 6.45) is 7.08. The average Bonchev–Trinajstić information content (AvgIpc) is 3.18. The van der Waals surface area contributed by atoms with E-state index in [0.717, 1.165) is 38.0 Å². The lowest BCUT2D eigenvalue weighted by molar-refractivity contribution is 0.577. The van der Waals surface area contributed by atoms with E-state index in [2.05, 4.69) is 21.5 Å². The van der Waals surface area contributed by atoms with Gasteiger partial charge in [0.15, 0.2) is 0 Å². The summed E-state index contributed by atoms with van der Waals surface area (Å²) >= 11 is 0. The van der Waals surface area contributed by atoms with Gasteiger partial charge in [0, 0.05) is 37.6 Å². The summed E-state index contributed by atoms with van der Waals surface area (Å²) in [6, 6.07) is 2.43. The maximum absolute atomic E-state index is 12.3. The predicted octanol–water partition coefficient (Wildman–Crippen LogP) is 2.23. The highest BCUT2D eigenvalue weighted by Crippen LogP contribution is 2.21. The van der Waals surface area contributed by atoms with Crippen molar-refractivity contribution in [1.82, 2.24) is 14.6 Å². The van der Waals surface area contributed by atoms with Crippen LogP contribution < -0.4 is 10.0 Å². The van der Waals surface area contributed by atoms with Gasteiger partial charge in [-0.25, -0.2) is 13.1 Å². The van der Waals surface area contributed by atoms with Crippen LogP contribution in [0.2, 0.25) is 0 Å². The number of hydrogen-bond donors (Lipinski definition) is 2. The van der Waals surface area contributed by atoms with Gasteiger partial charge in [0.2, 0.25) is 10.0 Å². The van der Waals surface area contributed by atoms with Crippen molar-refractivity contribution in [1.29, 1.82) is 0 Å². The zero-order valence-corrected chi connectivity index (χ0v) is 13.9. The van der Waals surface area contributed by atoms with Crippen molar-refractivity contribution >= 4 is 10.0 Å². The standard InChI is InChI=1S/C15H27N3O2S/c1-3-5-8-17-21(19,20)15-10-14(11-16-13-6-7-13)18(12-15)9-4-2/h10,12-13,16-17H,3-9,11H2,1-2H3. The number of nitrogens with one attached hydrogen (secondary N) is 2. The monoisotopic (exact) mass is 313 g/mol. The normalized spacial score (nSPS) is 15.5. The first-order valence-corrected chi connectivity index (χ1v) is 9.47. The fourth-order valence-corrected chi connectivity index (χ4v) is 3.41. The van der Waals surface area contributed by atoms with Crippen molar-refractivity contribution in [2.24, 2.45) is 0 Å². The zero-order chi connectivity index (χ0) is 15.3. The second-order valence-electron chi connectivity index (χ2n) is 5.77. The third-order valence-electron chi connectivity index (χ3n) is 3.71. The molecule has 1 aromatic heterocycles. The molecule has 1 heterocycles. The van der Waals surface area contributed by atoms with Gasteiger partial charge in [0.1, 0.15) is 0 Å². The highest BCUT2D eigenvalue weighted by Gasteiger charge is 2.22. The molecule has 1 saturated carbocycles. The van der Waals surface area contributed by atoms with E-state index < -0.39 is 10.0 Å². The SMILES string of the molecule is CCCCNS(=O)(=O)c1cc(CNC2CC2)n(CCC)c1. The molecule has 1 aliphatic carbocycles. The van der Waals surface area contributed by atoms with Gasteiger partial charge >= 0.3 is 0 Å². The van der Waals surface area contributed by atoms with Gasteiger partial charge in [0.25, 0.3) is 0 Å². The molecule has 0 bridgehead atoms. The van der Waals surface area contributed by atoms with E-state index in [9.17, 15) is 8.42 Å². The first-order valence-electron chi connectivity index (χ1n) is 7.99. The highest BCUT2D eigenvalue weighted by molar-refractivity contribution is 7.89.